The van der Waals surface area contributed by atoms with E-state index in [0.29, 0.717) is 32.6 Å². The first kappa shape index (κ1) is 16.6. The van der Waals surface area contributed by atoms with Crippen molar-refractivity contribution < 1.29 is 14.2 Å². The maximum Gasteiger partial charge on any atom is 0.349 e. The molecule has 0 spiro atoms. The van der Waals surface area contributed by atoms with Gasteiger partial charge in [-0.3, -0.25) is 0 Å². The second-order valence-electron chi connectivity index (χ2n) is 4.13. The maximum atomic E-state index is 11.0. The van der Waals surface area contributed by atoms with Crippen LogP contribution in [0.25, 0.3) is 11.3 Å². The molecule has 0 amide bonds. The van der Waals surface area contributed by atoms with Gasteiger partial charge in [0.05, 0.1) is 15.6 Å². The van der Waals surface area contributed by atoms with Crippen LogP contribution in [0.2, 0.25) is 10.0 Å². The zero-order valence-electron chi connectivity index (χ0n) is 11.3. The third kappa shape index (κ3) is 3.35. The lowest BCUT2D eigenvalue weighted by atomic mass is 10.1. The van der Waals surface area contributed by atoms with Crippen LogP contribution >= 0.6 is 34.8 Å². The largest absolute Gasteiger partial charge is 0.380 e. The molecule has 2 N–H and O–H groups in total. The highest BCUT2D eigenvalue weighted by atomic mass is 35.5. The molecule has 22 heavy (non-hydrogen) atoms. The van der Waals surface area contributed by atoms with Crippen LogP contribution in [-0.2, 0) is 9.63 Å². The highest BCUT2D eigenvalue weighted by Gasteiger charge is 2.22. The smallest absolute Gasteiger partial charge is 0.349 e. The van der Waals surface area contributed by atoms with Gasteiger partial charge in [-0.05, 0) is 19.1 Å². The lowest BCUT2D eigenvalue weighted by molar-refractivity contribution is -0.140. The van der Waals surface area contributed by atoms with Gasteiger partial charge in [0.25, 0.3) is 0 Å². The Balaban J connectivity index is 2.51. The molecule has 0 radical (unpaired) electrons. The van der Waals surface area contributed by atoms with Crippen molar-refractivity contribution in [2.45, 2.75) is 6.92 Å². The fourth-order valence-corrected chi connectivity index (χ4v) is 2.36. The van der Waals surface area contributed by atoms with Crippen LogP contribution in [-0.4, -0.2) is 22.8 Å². The van der Waals surface area contributed by atoms with E-state index in [1.165, 1.54) is 0 Å². The van der Waals surface area contributed by atoms with Crippen molar-refractivity contribution in [1.29, 1.82) is 0 Å². The van der Waals surface area contributed by atoms with E-state index < -0.39 is 5.97 Å². The van der Waals surface area contributed by atoms with Gasteiger partial charge in [0, 0.05) is 5.56 Å². The van der Waals surface area contributed by atoms with Gasteiger partial charge in [0.1, 0.15) is 17.3 Å². The molecule has 2 rings (SSSR count). The number of nitrogens with zero attached hydrogens (tertiary/aromatic N) is 2. The zero-order chi connectivity index (χ0) is 16.3. The van der Waals surface area contributed by atoms with Crippen molar-refractivity contribution in [1.82, 2.24) is 5.16 Å². The second kappa shape index (κ2) is 7.00. The van der Waals surface area contributed by atoms with Crippen molar-refractivity contribution in [3.05, 3.63) is 39.6 Å². The summed E-state index contributed by atoms with van der Waals surface area (Å²) in [5.74, 6) is -0.823. The number of hydrogen-bond acceptors (Lipinski definition) is 5. The number of alkyl halides is 1. The van der Waals surface area contributed by atoms with E-state index >= 15 is 0 Å². The summed E-state index contributed by atoms with van der Waals surface area (Å²) in [5.41, 5.74) is 6.90. The lowest BCUT2D eigenvalue weighted by Gasteiger charge is -2.06. The van der Waals surface area contributed by atoms with Crippen LogP contribution in [0, 0.1) is 6.92 Å². The summed E-state index contributed by atoms with van der Waals surface area (Å²) in [7, 11) is 0. The van der Waals surface area contributed by atoms with Gasteiger partial charge < -0.3 is 15.1 Å². The average molecular weight is 363 g/mol. The number of benzene rings is 1. The van der Waals surface area contributed by atoms with Gasteiger partial charge in [-0.15, -0.1) is 11.6 Å². The number of nitrogens with two attached hydrogens (primary N) is 1. The molecule has 1 heterocycles. The van der Waals surface area contributed by atoms with E-state index in [0.717, 1.165) is 0 Å². The van der Waals surface area contributed by atoms with Gasteiger partial charge in [-0.1, -0.05) is 39.6 Å². The second-order valence-corrected chi connectivity index (χ2v) is 5.21. The Morgan fingerprint density at radius 1 is 1.41 bits per heavy atom. The molecule has 0 saturated heterocycles. The zero-order valence-corrected chi connectivity index (χ0v) is 13.5. The summed E-state index contributed by atoms with van der Waals surface area (Å²) < 4.78 is 5.12. The number of carbonyl (C=O) groups is 1. The van der Waals surface area contributed by atoms with E-state index in [1.54, 1.807) is 25.1 Å². The Labute approximate surface area is 140 Å². The summed E-state index contributed by atoms with van der Waals surface area (Å²) in [6, 6.07) is 5.00. The van der Waals surface area contributed by atoms with Gasteiger partial charge >= 0.3 is 5.97 Å². The molecular formula is C13H10Cl3N3O3. The normalized spacial score (nSPS) is 11.5. The van der Waals surface area contributed by atoms with Crippen LogP contribution in [0.5, 0.6) is 0 Å². The number of hydrogen-bond donors (Lipinski definition) is 1. The van der Waals surface area contributed by atoms with Gasteiger partial charge in [-0.2, -0.15) is 0 Å². The Hall–Kier alpha value is -1.76. The SMILES string of the molecule is Cc1onc(-c2c(Cl)cccc2Cl)c1/C(N)=N\OC(=O)CCl. The number of aromatic nitrogens is 1. The molecule has 0 saturated carbocycles. The van der Waals surface area contributed by atoms with Crippen LogP contribution in [0.1, 0.15) is 11.3 Å². The van der Waals surface area contributed by atoms with E-state index in [2.05, 4.69) is 15.1 Å². The minimum Gasteiger partial charge on any atom is -0.380 e. The molecule has 9 heteroatoms. The fraction of sp³-hybridized carbons (Fsp3) is 0.154. The maximum absolute atomic E-state index is 11.0. The van der Waals surface area contributed by atoms with Crippen molar-refractivity contribution in [2.24, 2.45) is 10.9 Å². The predicted molar refractivity (Wildman–Crippen MR) is 84.2 cm³/mol. The molecule has 2 aromatic rings. The highest BCUT2D eigenvalue weighted by molar-refractivity contribution is 6.39. The van der Waals surface area contributed by atoms with Crippen LogP contribution in [0.15, 0.2) is 27.9 Å². The van der Waals surface area contributed by atoms with Crippen molar-refractivity contribution >= 4 is 46.6 Å². The van der Waals surface area contributed by atoms with Crippen molar-refractivity contribution in [2.75, 3.05) is 5.88 Å². The minimum atomic E-state index is -0.740. The lowest BCUT2D eigenvalue weighted by Crippen LogP contribution is -2.17. The first-order chi connectivity index (χ1) is 10.5. The Morgan fingerprint density at radius 2 is 2.05 bits per heavy atom. The van der Waals surface area contributed by atoms with E-state index in [9.17, 15) is 4.79 Å². The molecule has 0 aliphatic heterocycles. The molecule has 0 bridgehead atoms. The Bertz CT molecular complexity index is 723. The molecule has 0 atom stereocenters. The van der Waals surface area contributed by atoms with Gasteiger partial charge in [-0.25, -0.2) is 4.79 Å². The predicted octanol–water partition coefficient (Wildman–Crippen LogP) is 3.36. The Kier molecular flexibility index (Phi) is 5.28. The molecule has 0 fully saturated rings. The van der Waals surface area contributed by atoms with Crippen LogP contribution in [0.3, 0.4) is 0 Å². The molecule has 0 aliphatic rings. The number of oxime groups is 1. The molecule has 0 unspecified atom stereocenters. The number of aryl methyl sites for hydroxylation is 1. The molecule has 0 aliphatic carbocycles. The number of carbonyl (C=O) groups excluding carboxylic acids is 1. The third-order valence-electron chi connectivity index (χ3n) is 2.67. The molecular weight excluding hydrogens is 353 g/mol. The van der Waals surface area contributed by atoms with E-state index in [1.807, 2.05) is 0 Å². The third-order valence-corrected chi connectivity index (χ3v) is 3.52. The summed E-state index contributed by atoms with van der Waals surface area (Å²) in [6.07, 6.45) is 0. The number of amidine groups is 1. The van der Waals surface area contributed by atoms with E-state index in [4.69, 9.17) is 45.1 Å². The van der Waals surface area contributed by atoms with Crippen molar-refractivity contribution in [3.63, 3.8) is 0 Å². The average Bonchev–Trinajstić information content (AvgIpc) is 2.86. The van der Waals surface area contributed by atoms with Gasteiger partial charge in [0.15, 0.2) is 5.84 Å². The Morgan fingerprint density at radius 3 is 2.64 bits per heavy atom. The number of rotatable bonds is 4. The van der Waals surface area contributed by atoms with Gasteiger partial charge in [0.2, 0.25) is 0 Å². The van der Waals surface area contributed by atoms with Crippen molar-refractivity contribution in [3.8, 4) is 11.3 Å². The molecule has 116 valence electrons. The summed E-state index contributed by atoms with van der Waals surface area (Å²) in [4.78, 5) is 15.6. The molecule has 1 aromatic carbocycles. The number of halogens is 3. The first-order valence-corrected chi connectivity index (χ1v) is 7.25. The highest BCUT2D eigenvalue weighted by Crippen LogP contribution is 2.36. The van der Waals surface area contributed by atoms with E-state index in [-0.39, 0.29) is 11.7 Å². The topological polar surface area (TPSA) is 90.7 Å². The molecule has 1 aromatic heterocycles. The summed E-state index contributed by atoms with van der Waals surface area (Å²) >= 11 is 17.6. The first-order valence-electron chi connectivity index (χ1n) is 5.96. The summed E-state index contributed by atoms with van der Waals surface area (Å²) in [5, 5.41) is 8.16. The standard InChI is InChI=1S/C13H10Cl3N3O3/c1-6-10(13(17)19-22-9(20)5-14)12(18-21-6)11-7(15)3-2-4-8(11)16/h2-4H,5H2,1H3,(H2,17,19). The van der Waals surface area contributed by atoms with Crippen LogP contribution < -0.4 is 5.73 Å². The summed E-state index contributed by atoms with van der Waals surface area (Å²) in [6.45, 7) is 1.63. The quantitative estimate of drug-likeness (QED) is 0.296. The molecule has 6 nitrogen and oxygen atoms in total. The minimum absolute atomic E-state index is 0.108. The fourth-order valence-electron chi connectivity index (χ4n) is 1.74. The monoisotopic (exact) mass is 361 g/mol. The van der Waals surface area contributed by atoms with Crippen LogP contribution in [0.4, 0.5) is 0 Å².